The quantitative estimate of drug-likeness (QED) is 0.882. The van der Waals surface area contributed by atoms with Crippen LogP contribution in [0.4, 0.5) is 5.69 Å². The van der Waals surface area contributed by atoms with E-state index >= 15 is 0 Å². The first-order chi connectivity index (χ1) is 10.1. The molecule has 0 spiro atoms. The number of carbonyl (C=O) groups excluding carboxylic acids is 1. The number of nitrogens with zero attached hydrogens (tertiary/aromatic N) is 1. The Bertz CT molecular complexity index is 654. The van der Waals surface area contributed by atoms with Crippen LogP contribution >= 0.6 is 11.8 Å². The van der Waals surface area contributed by atoms with Crippen LogP contribution in [0.2, 0.25) is 0 Å². The Morgan fingerprint density at radius 2 is 1.90 bits per heavy atom. The Morgan fingerprint density at radius 3 is 2.67 bits per heavy atom. The van der Waals surface area contributed by atoms with Crippen molar-refractivity contribution in [2.45, 2.75) is 23.5 Å². The Labute approximate surface area is 128 Å². The van der Waals surface area contributed by atoms with Crippen molar-refractivity contribution < 1.29 is 9.90 Å². The molecule has 1 heterocycles. The van der Waals surface area contributed by atoms with Crippen LogP contribution in [0, 0.1) is 0 Å². The molecule has 0 aromatic heterocycles. The van der Waals surface area contributed by atoms with E-state index in [0.29, 0.717) is 0 Å². The molecule has 1 N–H and O–H groups in total. The van der Waals surface area contributed by atoms with Crippen LogP contribution < -0.4 is 4.90 Å². The number of anilines is 1. The molecule has 0 aliphatic carbocycles. The summed E-state index contributed by atoms with van der Waals surface area (Å²) in [6.07, 6.45) is 0.929. The number of para-hydroxylation sites is 1. The number of hydrogen-bond donors (Lipinski definition) is 1. The largest absolute Gasteiger partial charge is 0.508 e. The molecule has 1 amide bonds. The summed E-state index contributed by atoms with van der Waals surface area (Å²) < 4.78 is 0. The van der Waals surface area contributed by atoms with Crippen molar-refractivity contribution >= 4 is 23.4 Å². The van der Waals surface area contributed by atoms with Gasteiger partial charge in [-0.25, -0.2) is 0 Å². The summed E-state index contributed by atoms with van der Waals surface area (Å²) in [4.78, 5) is 15.5. The predicted molar refractivity (Wildman–Crippen MR) is 85.9 cm³/mol. The number of thioether (sulfide) groups is 1. The first-order valence-electron chi connectivity index (χ1n) is 7.00. The number of phenolic OH excluding ortho intramolecular Hbond substituents is 1. The highest BCUT2D eigenvalue weighted by Crippen LogP contribution is 2.31. The van der Waals surface area contributed by atoms with E-state index in [0.717, 1.165) is 23.5 Å². The van der Waals surface area contributed by atoms with E-state index in [4.69, 9.17) is 0 Å². The van der Waals surface area contributed by atoms with E-state index in [1.807, 2.05) is 42.2 Å². The smallest absolute Gasteiger partial charge is 0.240 e. The van der Waals surface area contributed by atoms with E-state index < -0.39 is 0 Å². The summed E-state index contributed by atoms with van der Waals surface area (Å²) >= 11 is 1.52. The fourth-order valence-electron chi connectivity index (χ4n) is 2.57. The summed E-state index contributed by atoms with van der Waals surface area (Å²) in [5.74, 6) is 0.379. The van der Waals surface area contributed by atoms with Gasteiger partial charge in [-0.15, -0.1) is 11.8 Å². The second-order valence-electron chi connectivity index (χ2n) is 5.12. The highest BCUT2D eigenvalue weighted by Gasteiger charge is 2.28. The van der Waals surface area contributed by atoms with Crippen molar-refractivity contribution in [2.75, 3.05) is 11.4 Å². The third-order valence-corrected chi connectivity index (χ3v) is 4.75. The van der Waals surface area contributed by atoms with Gasteiger partial charge >= 0.3 is 0 Å². The lowest BCUT2D eigenvalue weighted by atomic mass is 10.2. The molecule has 3 rings (SSSR count). The molecule has 21 heavy (non-hydrogen) atoms. The summed E-state index contributed by atoms with van der Waals surface area (Å²) in [6.45, 7) is 2.69. The first kappa shape index (κ1) is 14.0. The van der Waals surface area contributed by atoms with E-state index in [2.05, 4.69) is 6.07 Å². The van der Waals surface area contributed by atoms with Gasteiger partial charge in [-0.05, 0) is 49.2 Å². The van der Waals surface area contributed by atoms with E-state index in [1.165, 1.54) is 17.3 Å². The molecule has 2 aromatic carbocycles. The number of phenols is 1. The molecule has 0 fully saturated rings. The lowest BCUT2D eigenvalue weighted by molar-refractivity contribution is -0.117. The monoisotopic (exact) mass is 299 g/mol. The maximum Gasteiger partial charge on any atom is 0.240 e. The van der Waals surface area contributed by atoms with Gasteiger partial charge in [0.15, 0.2) is 0 Å². The summed E-state index contributed by atoms with van der Waals surface area (Å²) in [5.41, 5.74) is 2.29. The maximum absolute atomic E-state index is 12.6. The lowest BCUT2D eigenvalue weighted by Crippen LogP contribution is -2.35. The van der Waals surface area contributed by atoms with Gasteiger partial charge in [0.25, 0.3) is 0 Å². The SMILES string of the molecule is CC(Sc1ccc(O)cc1)C(=O)N1CCc2ccccc21. The first-order valence-corrected chi connectivity index (χ1v) is 7.88. The van der Waals surface area contributed by atoms with Crippen LogP contribution in [0.25, 0.3) is 0 Å². The number of fused-ring (bicyclic) bond motifs is 1. The van der Waals surface area contributed by atoms with Gasteiger partial charge in [-0.3, -0.25) is 4.79 Å². The van der Waals surface area contributed by atoms with Crippen molar-refractivity contribution in [1.29, 1.82) is 0 Å². The molecular formula is C17H17NO2S. The molecule has 3 nitrogen and oxygen atoms in total. The van der Waals surface area contributed by atoms with Crippen molar-refractivity contribution in [3.63, 3.8) is 0 Å². The minimum Gasteiger partial charge on any atom is -0.508 e. The van der Waals surface area contributed by atoms with Crippen molar-refractivity contribution in [3.8, 4) is 5.75 Å². The number of benzene rings is 2. The molecule has 0 radical (unpaired) electrons. The highest BCUT2D eigenvalue weighted by atomic mass is 32.2. The molecule has 4 heteroatoms. The van der Waals surface area contributed by atoms with Crippen LogP contribution in [0.1, 0.15) is 12.5 Å². The maximum atomic E-state index is 12.6. The highest BCUT2D eigenvalue weighted by molar-refractivity contribution is 8.00. The number of rotatable bonds is 3. The van der Waals surface area contributed by atoms with Crippen LogP contribution in [0.5, 0.6) is 5.75 Å². The summed E-state index contributed by atoms with van der Waals surface area (Å²) in [6, 6.07) is 15.0. The van der Waals surface area contributed by atoms with Crippen molar-refractivity contribution in [2.24, 2.45) is 0 Å². The summed E-state index contributed by atoms with van der Waals surface area (Å²) in [7, 11) is 0. The Kier molecular flexibility index (Phi) is 3.88. The van der Waals surface area contributed by atoms with Crippen LogP contribution in [0.15, 0.2) is 53.4 Å². The lowest BCUT2D eigenvalue weighted by Gasteiger charge is -2.21. The predicted octanol–water partition coefficient (Wildman–Crippen LogP) is 3.46. The Morgan fingerprint density at radius 1 is 1.19 bits per heavy atom. The molecule has 0 bridgehead atoms. The fourth-order valence-corrected chi connectivity index (χ4v) is 3.50. The Hall–Kier alpha value is -1.94. The number of amides is 1. The standard InChI is InChI=1S/C17H17NO2S/c1-12(21-15-8-6-14(19)7-9-15)17(20)18-11-10-13-4-2-3-5-16(13)18/h2-9,12,19H,10-11H2,1H3. The molecule has 108 valence electrons. The van der Waals surface area contributed by atoms with Crippen LogP contribution in [-0.4, -0.2) is 22.8 Å². The van der Waals surface area contributed by atoms with Gasteiger partial charge in [0.2, 0.25) is 5.91 Å². The van der Waals surface area contributed by atoms with E-state index in [9.17, 15) is 9.90 Å². The zero-order chi connectivity index (χ0) is 14.8. The van der Waals surface area contributed by atoms with Crippen molar-refractivity contribution in [3.05, 3.63) is 54.1 Å². The average molecular weight is 299 g/mol. The number of aromatic hydroxyl groups is 1. The molecular weight excluding hydrogens is 282 g/mol. The molecule has 1 aliphatic rings. The van der Waals surface area contributed by atoms with Gasteiger partial charge in [0.05, 0.1) is 5.25 Å². The topological polar surface area (TPSA) is 40.5 Å². The minimum absolute atomic E-state index is 0.137. The third-order valence-electron chi connectivity index (χ3n) is 3.65. The average Bonchev–Trinajstić information content (AvgIpc) is 2.92. The van der Waals surface area contributed by atoms with Crippen LogP contribution in [-0.2, 0) is 11.2 Å². The molecule has 2 aromatic rings. The molecule has 1 atom stereocenters. The van der Waals surface area contributed by atoms with E-state index in [1.54, 1.807) is 12.1 Å². The molecule has 1 aliphatic heterocycles. The van der Waals surface area contributed by atoms with E-state index in [-0.39, 0.29) is 16.9 Å². The van der Waals surface area contributed by atoms with Gasteiger partial charge in [0, 0.05) is 17.1 Å². The van der Waals surface area contributed by atoms with Gasteiger partial charge in [-0.1, -0.05) is 18.2 Å². The fraction of sp³-hybridized carbons (Fsp3) is 0.235. The molecule has 0 saturated carbocycles. The zero-order valence-corrected chi connectivity index (χ0v) is 12.6. The Balaban J connectivity index is 1.72. The van der Waals surface area contributed by atoms with Crippen LogP contribution in [0.3, 0.4) is 0 Å². The number of carbonyl (C=O) groups is 1. The second kappa shape index (κ2) is 5.82. The van der Waals surface area contributed by atoms with Gasteiger partial charge < -0.3 is 10.0 Å². The molecule has 0 saturated heterocycles. The van der Waals surface area contributed by atoms with Gasteiger partial charge in [-0.2, -0.15) is 0 Å². The summed E-state index contributed by atoms with van der Waals surface area (Å²) in [5, 5.41) is 9.15. The molecule has 1 unspecified atom stereocenters. The van der Waals surface area contributed by atoms with Gasteiger partial charge in [0.1, 0.15) is 5.75 Å². The minimum atomic E-state index is -0.152. The number of hydrogen-bond acceptors (Lipinski definition) is 3. The normalized spacial score (nSPS) is 14.8. The zero-order valence-electron chi connectivity index (χ0n) is 11.8. The second-order valence-corrected chi connectivity index (χ2v) is 6.54. The van der Waals surface area contributed by atoms with Crippen molar-refractivity contribution in [1.82, 2.24) is 0 Å². The third kappa shape index (κ3) is 2.90.